The molecule has 114 valence electrons. The Morgan fingerprint density at radius 2 is 1.90 bits per heavy atom. The van der Waals surface area contributed by atoms with Crippen LogP contribution >= 0.6 is 11.3 Å². The van der Waals surface area contributed by atoms with Crippen LogP contribution in [0.4, 0.5) is 5.69 Å². The molecule has 0 fully saturated rings. The standard InChI is InChI=1S/C15H20N2O2S2/c1-2-5-12-6-3-4-7-14(12)17-21(18,19)15-9-8-13(20-15)10-11-16/h3-4,6-9,17H,2,5,10-11,16H2,1H3. The fourth-order valence-corrected chi connectivity index (χ4v) is 4.55. The van der Waals surface area contributed by atoms with Gasteiger partial charge in [-0.3, -0.25) is 4.72 Å². The van der Waals surface area contributed by atoms with Crippen molar-refractivity contribution in [1.29, 1.82) is 0 Å². The lowest BCUT2D eigenvalue weighted by Crippen LogP contribution is -2.12. The Morgan fingerprint density at radius 3 is 2.62 bits per heavy atom. The number of aryl methyl sites for hydroxylation is 1. The minimum absolute atomic E-state index is 0.331. The molecule has 0 atom stereocenters. The average Bonchev–Trinajstić information content (AvgIpc) is 2.91. The van der Waals surface area contributed by atoms with Gasteiger partial charge < -0.3 is 5.73 Å². The molecule has 0 aliphatic rings. The Balaban J connectivity index is 2.24. The summed E-state index contributed by atoms with van der Waals surface area (Å²) in [5.74, 6) is 0. The van der Waals surface area contributed by atoms with Crippen molar-refractivity contribution in [3.63, 3.8) is 0 Å². The highest BCUT2D eigenvalue weighted by atomic mass is 32.2. The maximum absolute atomic E-state index is 12.4. The predicted octanol–water partition coefficient (Wildman–Crippen LogP) is 3.00. The van der Waals surface area contributed by atoms with Gasteiger partial charge in [0.1, 0.15) is 4.21 Å². The molecule has 21 heavy (non-hydrogen) atoms. The first-order chi connectivity index (χ1) is 10.1. The summed E-state index contributed by atoms with van der Waals surface area (Å²) in [7, 11) is -3.52. The molecule has 6 heteroatoms. The van der Waals surface area contributed by atoms with E-state index in [1.807, 2.05) is 24.3 Å². The van der Waals surface area contributed by atoms with E-state index in [2.05, 4.69) is 11.6 Å². The van der Waals surface area contributed by atoms with E-state index in [-0.39, 0.29) is 0 Å². The van der Waals surface area contributed by atoms with Gasteiger partial charge in [0.05, 0.1) is 5.69 Å². The first-order valence-electron chi connectivity index (χ1n) is 6.96. The molecule has 0 saturated heterocycles. The van der Waals surface area contributed by atoms with E-state index >= 15 is 0 Å². The van der Waals surface area contributed by atoms with Crippen LogP contribution in [-0.2, 0) is 22.9 Å². The second kappa shape index (κ2) is 7.06. The third kappa shape index (κ3) is 4.06. The molecule has 2 rings (SSSR count). The van der Waals surface area contributed by atoms with E-state index in [0.717, 1.165) is 23.3 Å². The van der Waals surface area contributed by atoms with Crippen LogP contribution in [0.25, 0.3) is 0 Å². The molecule has 0 bridgehead atoms. The second-order valence-electron chi connectivity index (χ2n) is 4.77. The molecule has 0 radical (unpaired) electrons. The molecule has 0 unspecified atom stereocenters. The molecule has 0 saturated carbocycles. The van der Waals surface area contributed by atoms with Crippen LogP contribution in [-0.4, -0.2) is 15.0 Å². The Morgan fingerprint density at radius 1 is 1.14 bits per heavy atom. The fraction of sp³-hybridized carbons (Fsp3) is 0.333. The fourth-order valence-electron chi connectivity index (χ4n) is 2.08. The van der Waals surface area contributed by atoms with Crippen molar-refractivity contribution >= 4 is 27.0 Å². The summed E-state index contributed by atoms with van der Waals surface area (Å²) < 4.78 is 27.9. The normalized spacial score (nSPS) is 11.5. The van der Waals surface area contributed by atoms with Gasteiger partial charge in [0.2, 0.25) is 0 Å². The van der Waals surface area contributed by atoms with Crippen LogP contribution in [0, 0.1) is 0 Å². The highest BCUT2D eigenvalue weighted by Gasteiger charge is 2.18. The molecule has 1 aromatic heterocycles. The number of nitrogens with one attached hydrogen (secondary N) is 1. The monoisotopic (exact) mass is 324 g/mol. The maximum Gasteiger partial charge on any atom is 0.271 e. The van der Waals surface area contributed by atoms with Crippen molar-refractivity contribution in [2.24, 2.45) is 5.73 Å². The summed E-state index contributed by atoms with van der Waals surface area (Å²) in [6.45, 7) is 2.59. The van der Waals surface area contributed by atoms with Gasteiger partial charge in [0.25, 0.3) is 10.0 Å². The highest BCUT2D eigenvalue weighted by Crippen LogP contribution is 2.26. The lowest BCUT2D eigenvalue weighted by molar-refractivity contribution is 0.603. The summed E-state index contributed by atoms with van der Waals surface area (Å²) in [5, 5.41) is 0. The molecule has 0 aliphatic carbocycles. The van der Waals surface area contributed by atoms with Crippen LogP contribution < -0.4 is 10.5 Å². The van der Waals surface area contributed by atoms with Crippen molar-refractivity contribution in [3.05, 3.63) is 46.8 Å². The van der Waals surface area contributed by atoms with Gasteiger partial charge in [-0.2, -0.15) is 0 Å². The number of hydrogen-bond acceptors (Lipinski definition) is 4. The van der Waals surface area contributed by atoms with E-state index in [0.29, 0.717) is 22.9 Å². The summed E-state index contributed by atoms with van der Waals surface area (Å²) in [6.07, 6.45) is 2.52. The number of thiophene rings is 1. The molecule has 2 aromatic rings. The zero-order chi connectivity index (χ0) is 15.3. The summed E-state index contributed by atoms with van der Waals surface area (Å²) in [6, 6.07) is 11.0. The van der Waals surface area contributed by atoms with E-state index < -0.39 is 10.0 Å². The molecular formula is C15H20N2O2S2. The SMILES string of the molecule is CCCc1ccccc1NS(=O)(=O)c1ccc(CCN)s1. The Hall–Kier alpha value is -1.37. The zero-order valence-corrected chi connectivity index (χ0v) is 13.6. The number of hydrogen-bond donors (Lipinski definition) is 2. The lowest BCUT2D eigenvalue weighted by atomic mass is 10.1. The largest absolute Gasteiger partial charge is 0.330 e. The number of benzene rings is 1. The third-order valence-electron chi connectivity index (χ3n) is 3.07. The van der Waals surface area contributed by atoms with E-state index in [4.69, 9.17) is 5.73 Å². The van der Waals surface area contributed by atoms with Gasteiger partial charge in [-0.1, -0.05) is 31.5 Å². The first kappa shape index (κ1) is 16.0. The molecule has 0 spiro atoms. The summed E-state index contributed by atoms with van der Waals surface area (Å²) >= 11 is 1.27. The third-order valence-corrected chi connectivity index (χ3v) is 6.08. The van der Waals surface area contributed by atoms with Gasteiger partial charge in [0.15, 0.2) is 0 Å². The Bertz CT molecular complexity index is 693. The van der Waals surface area contributed by atoms with Crippen molar-refractivity contribution in [2.75, 3.05) is 11.3 Å². The van der Waals surface area contributed by atoms with Crippen LogP contribution in [0.15, 0.2) is 40.6 Å². The minimum atomic E-state index is -3.52. The van der Waals surface area contributed by atoms with E-state index in [9.17, 15) is 8.42 Å². The lowest BCUT2D eigenvalue weighted by Gasteiger charge is -2.11. The summed E-state index contributed by atoms with van der Waals surface area (Å²) in [4.78, 5) is 0.986. The molecule has 3 N–H and O–H groups in total. The van der Waals surface area contributed by atoms with Gasteiger partial charge in [-0.05, 0) is 43.1 Å². The highest BCUT2D eigenvalue weighted by molar-refractivity contribution is 7.94. The topological polar surface area (TPSA) is 72.2 Å². The average molecular weight is 324 g/mol. The predicted molar refractivity (Wildman–Crippen MR) is 88.3 cm³/mol. The number of anilines is 1. The van der Waals surface area contributed by atoms with Gasteiger partial charge >= 0.3 is 0 Å². The van der Waals surface area contributed by atoms with Gasteiger partial charge in [0, 0.05) is 4.88 Å². The van der Waals surface area contributed by atoms with Crippen LogP contribution in [0.5, 0.6) is 0 Å². The van der Waals surface area contributed by atoms with Crippen molar-refractivity contribution < 1.29 is 8.42 Å². The van der Waals surface area contributed by atoms with Crippen LogP contribution in [0.3, 0.4) is 0 Å². The van der Waals surface area contributed by atoms with Crippen molar-refractivity contribution in [2.45, 2.75) is 30.4 Å². The second-order valence-corrected chi connectivity index (χ2v) is 7.85. The van der Waals surface area contributed by atoms with Crippen molar-refractivity contribution in [3.8, 4) is 0 Å². The summed E-state index contributed by atoms with van der Waals surface area (Å²) in [5.41, 5.74) is 7.17. The Labute approximate surface area is 130 Å². The smallest absolute Gasteiger partial charge is 0.271 e. The maximum atomic E-state index is 12.4. The molecular weight excluding hydrogens is 304 g/mol. The zero-order valence-electron chi connectivity index (χ0n) is 12.0. The number of sulfonamides is 1. The molecule has 1 heterocycles. The molecule has 1 aromatic carbocycles. The van der Waals surface area contributed by atoms with Crippen LogP contribution in [0.2, 0.25) is 0 Å². The van der Waals surface area contributed by atoms with E-state index in [1.54, 1.807) is 12.1 Å². The number of para-hydroxylation sites is 1. The Kier molecular flexibility index (Phi) is 5.39. The molecule has 0 amide bonds. The quantitative estimate of drug-likeness (QED) is 0.822. The minimum Gasteiger partial charge on any atom is -0.330 e. The molecule has 0 aliphatic heterocycles. The number of rotatable bonds is 7. The molecule has 4 nitrogen and oxygen atoms in total. The van der Waals surface area contributed by atoms with E-state index in [1.165, 1.54) is 11.3 Å². The van der Waals surface area contributed by atoms with Crippen molar-refractivity contribution in [1.82, 2.24) is 0 Å². The van der Waals surface area contributed by atoms with Crippen LogP contribution in [0.1, 0.15) is 23.8 Å². The number of nitrogens with two attached hydrogens (primary N) is 1. The van der Waals surface area contributed by atoms with Gasteiger partial charge in [-0.25, -0.2) is 8.42 Å². The first-order valence-corrected chi connectivity index (χ1v) is 9.26. The van der Waals surface area contributed by atoms with Gasteiger partial charge in [-0.15, -0.1) is 11.3 Å².